The van der Waals surface area contributed by atoms with Crippen LogP contribution in [0.1, 0.15) is 52.1 Å². The molecule has 0 aliphatic carbocycles. The van der Waals surface area contributed by atoms with Gasteiger partial charge in [0.05, 0.1) is 0 Å². The lowest BCUT2D eigenvalue weighted by Gasteiger charge is -2.25. The first-order chi connectivity index (χ1) is 8.33. The molecule has 1 aromatic carbocycles. The van der Waals surface area contributed by atoms with Crippen molar-refractivity contribution in [2.45, 2.75) is 46.6 Å². The predicted molar refractivity (Wildman–Crippen MR) is 84.3 cm³/mol. The van der Waals surface area contributed by atoms with Crippen LogP contribution < -0.4 is 5.32 Å². The van der Waals surface area contributed by atoms with Crippen LogP contribution in [0.25, 0.3) is 0 Å². The summed E-state index contributed by atoms with van der Waals surface area (Å²) in [5.74, 6) is 0. The van der Waals surface area contributed by atoms with Crippen LogP contribution in [0.4, 0.5) is 0 Å². The Morgan fingerprint density at radius 3 is 2.56 bits per heavy atom. The third kappa shape index (κ3) is 5.29. The van der Waals surface area contributed by atoms with E-state index in [0.29, 0.717) is 11.5 Å². The van der Waals surface area contributed by atoms with Gasteiger partial charge < -0.3 is 5.32 Å². The van der Waals surface area contributed by atoms with Crippen LogP contribution in [0.3, 0.4) is 0 Å². The van der Waals surface area contributed by atoms with Gasteiger partial charge in [0.15, 0.2) is 0 Å². The fourth-order valence-corrected chi connectivity index (χ4v) is 2.68. The van der Waals surface area contributed by atoms with Gasteiger partial charge in [-0.1, -0.05) is 55.2 Å². The van der Waals surface area contributed by atoms with E-state index in [4.69, 9.17) is 11.6 Å². The summed E-state index contributed by atoms with van der Waals surface area (Å²) in [6, 6.07) is 6.37. The van der Waals surface area contributed by atoms with Crippen molar-refractivity contribution in [2.75, 3.05) is 6.54 Å². The van der Waals surface area contributed by atoms with Gasteiger partial charge in [-0.15, -0.1) is 0 Å². The van der Waals surface area contributed by atoms with E-state index in [0.717, 1.165) is 22.5 Å². The lowest BCUT2D eigenvalue weighted by atomic mass is 9.87. The average Bonchev–Trinajstić information content (AvgIpc) is 2.26. The highest BCUT2D eigenvalue weighted by Gasteiger charge is 2.18. The van der Waals surface area contributed by atoms with Crippen molar-refractivity contribution in [1.82, 2.24) is 5.32 Å². The zero-order valence-electron chi connectivity index (χ0n) is 11.7. The van der Waals surface area contributed by atoms with Crippen molar-refractivity contribution in [3.05, 3.63) is 33.3 Å². The first-order valence-corrected chi connectivity index (χ1v) is 7.69. The van der Waals surface area contributed by atoms with Crippen molar-refractivity contribution < 1.29 is 0 Å². The monoisotopic (exact) mass is 331 g/mol. The normalized spacial score (nSPS) is 13.7. The summed E-state index contributed by atoms with van der Waals surface area (Å²) in [6.45, 7) is 9.95. The molecule has 0 fully saturated rings. The third-order valence-electron chi connectivity index (χ3n) is 2.97. The van der Waals surface area contributed by atoms with E-state index in [-0.39, 0.29) is 0 Å². The molecule has 0 aromatic heterocycles. The Labute approximate surface area is 124 Å². The molecule has 0 radical (unpaired) electrons. The van der Waals surface area contributed by atoms with Gasteiger partial charge in [0.1, 0.15) is 0 Å². The number of benzene rings is 1. The minimum Gasteiger partial charge on any atom is -0.310 e. The van der Waals surface area contributed by atoms with E-state index in [1.54, 1.807) is 0 Å². The lowest BCUT2D eigenvalue weighted by Crippen LogP contribution is -2.23. The molecule has 1 N–H and O–H groups in total. The molecule has 1 unspecified atom stereocenters. The van der Waals surface area contributed by atoms with Gasteiger partial charge in [-0.25, -0.2) is 0 Å². The highest BCUT2D eigenvalue weighted by molar-refractivity contribution is 9.10. The van der Waals surface area contributed by atoms with Crippen molar-refractivity contribution in [1.29, 1.82) is 0 Å². The van der Waals surface area contributed by atoms with E-state index in [9.17, 15) is 0 Å². The molecule has 18 heavy (non-hydrogen) atoms. The molecule has 1 aromatic rings. The number of hydrogen-bond donors (Lipinski definition) is 1. The topological polar surface area (TPSA) is 12.0 Å². The molecule has 0 spiro atoms. The van der Waals surface area contributed by atoms with Gasteiger partial charge in [-0.2, -0.15) is 0 Å². The number of rotatable bonds is 5. The van der Waals surface area contributed by atoms with Crippen LogP contribution in [0.15, 0.2) is 22.7 Å². The molecule has 0 heterocycles. The SMILES string of the molecule is CCNC(CCC(C)(C)C)c1cc(Cl)ccc1Br. The first-order valence-electron chi connectivity index (χ1n) is 6.52. The molecule has 0 aliphatic heterocycles. The Morgan fingerprint density at radius 2 is 2.00 bits per heavy atom. The van der Waals surface area contributed by atoms with Gasteiger partial charge in [0, 0.05) is 15.5 Å². The maximum atomic E-state index is 6.10. The van der Waals surface area contributed by atoms with Crippen molar-refractivity contribution in [3.63, 3.8) is 0 Å². The number of halogens is 2. The molecule has 1 atom stereocenters. The Bertz CT molecular complexity index is 385. The molecule has 1 rings (SSSR count). The summed E-state index contributed by atoms with van der Waals surface area (Å²) >= 11 is 9.73. The Hall–Kier alpha value is -0.0500. The maximum absolute atomic E-state index is 6.10. The molecule has 0 saturated heterocycles. The molecular formula is C15H23BrClN. The Morgan fingerprint density at radius 1 is 1.33 bits per heavy atom. The van der Waals surface area contributed by atoms with Crippen molar-refractivity contribution in [2.24, 2.45) is 5.41 Å². The van der Waals surface area contributed by atoms with E-state index < -0.39 is 0 Å². The van der Waals surface area contributed by atoms with Crippen LogP contribution >= 0.6 is 27.5 Å². The quantitative estimate of drug-likeness (QED) is 0.742. The Balaban J connectivity index is 2.86. The van der Waals surface area contributed by atoms with Crippen molar-refractivity contribution >= 4 is 27.5 Å². The summed E-state index contributed by atoms with van der Waals surface area (Å²) in [5.41, 5.74) is 1.62. The fraction of sp³-hybridized carbons (Fsp3) is 0.600. The second kappa shape index (κ2) is 6.93. The summed E-state index contributed by atoms with van der Waals surface area (Å²) in [4.78, 5) is 0. The smallest absolute Gasteiger partial charge is 0.0410 e. The molecule has 0 saturated carbocycles. The predicted octanol–water partition coefficient (Wildman–Crippen LogP) is 5.58. The summed E-state index contributed by atoms with van der Waals surface area (Å²) in [6.07, 6.45) is 2.31. The van der Waals surface area contributed by atoms with Crippen LogP contribution in [0.2, 0.25) is 5.02 Å². The summed E-state index contributed by atoms with van der Waals surface area (Å²) < 4.78 is 1.13. The third-order valence-corrected chi connectivity index (χ3v) is 3.92. The lowest BCUT2D eigenvalue weighted by molar-refractivity contribution is 0.333. The van der Waals surface area contributed by atoms with Gasteiger partial charge in [-0.05, 0) is 48.6 Å². The standard InChI is InChI=1S/C15H23BrClN/c1-5-18-14(8-9-15(2,3)4)12-10-11(17)6-7-13(12)16/h6-7,10,14,18H,5,8-9H2,1-4H3. The maximum Gasteiger partial charge on any atom is 0.0410 e. The van der Waals surface area contributed by atoms with Crippen LogP contribution in [-0.4, -0.2) is 6.54 Å². The van der Waals surface area contributed by atoms with E-state index in [1.807, 2.05) is 12.1 Å². The highest BCUT2D eigenvalue weighted by atomic mass is 79.9. The zero-order chi connectivity index (χ0) is 13.8. The second-order valence-corrected chi connectivity index (χ2v) is 7.17. The Kier molecular flexibility index (Phi) is 6.16. The van der Waals surface area contributed by atoms with Gasteiger partial charge in [0.2, 0.25) is 0 Å². The van der Waals surface area contributed by atoms with Gasteiger partial charge in [-0.3, -0.25) is 0 Å². The summed E-state index contributed by atoms with van der Waals surface area (Å²) in [7, 11) is 0. The molecule has 3 heteroatoms. The molecular weight excluding hydrogens is 310 g/mol. The average molecular weight is 333 g/mol. The van der Waals surface area contributed by atoms with Crippen LogP contribution in [-0.2, 0) is 0 Å². The molecule has 102 valence electrons. The molecule has 0 aliphatic rings. The van der Waals surface area contributed by atoms with E-state index in [1.165, 1.54) is 12.0 Å². The van der Waals surface area contributed by atoms with Gasteiger partial charge >= 0.3 is 0 Å². The minimum absolute atomic E-state index is 0.360. The van der Waals surface area contributed by atoms with E-state index in [2.05, 4.69) is 55.0 Å². The van der Waals surface area contributed by atoms with E-state index >= 15 is 0 Å². The van der Waals surface area contributed by atoms with Crippen LogP contribution in [0.5, 0.6) is 0 Å². The fourth-order valence-electron chi connectivity index (χ4n) is 1.97. The highest BCUT2D eigenvalue weighted by Crippen LogP contribution is 2.32. The first kappa shape index (κ1) is 16.0. The minimum atomic E-state index is 0.360. The second-order valence-electron chi connectivity index (χ2n) is 5.88. The zero-order valence-corrected chi connectivity index (χ0v) is 14.0. The largest absolute Gasteiger partial charge is 0.310 e. The van der Waals surface area contributed by atoms with Gasteiger partial charge in [0.25, 0.3) is 0 Å². The molecule has 0 bridgehead atoms. The van der Waals surface area contributed by atoms with Crippen LogP contribution in [0, 0.1) is 5.41 Å². The number of hydrogen-bond acceptors (Lipinski definition) is 1. The van der Waals surface area contributed by atoms with Crippen molar-refractivity contribution in [3.8, 4) is 0 Å². The molecule has 1 nitrogen and oxygen atoms in total. The molecule has 0 amide bonds. The number of nitrogens with one attached hydrogen (secondary N) is 1. The summed E-state index contributed by atoms with van der Waals surface area (Å²) in [5, 5.41) is 4.35.